The summed E-state index contributed by atoms with van der Waals surface area (Å²) < 4.78 is 17.5. The summed E-state index contributed by atoms with van der Waals surface area (Å²) >= 11 is 0. The minimum Gasteiger partial charge on any atom is -0.468 e. The predicted molar refractivity (Wildman–Crippen MR) is 127 cm³/mol. The number of hydrogen-bond donors (Lipinski definition) is 1. The molecule has 0 amide bonds. The Morgan fingerprint density at radius 2 is 1.94 bits per heavy atom. The van der Waals surface area contributed by atoms with Gasteiger partial charge in [0, 0.05) is 7.11 Å². The van der Waals surface area contributed by atoms with Gasteiger partial charge in [-0.2, -0.15) is 0 Å². The third-order valence-corrected chi connectivity index (χ3v) is 13.7. The molecule has 2 fully saturated rings. The normalized spacial score (nSPS) is 35.3. The Balaban J connectivity index is 1.55. The number of aliphatic hydroxyl groups excluding tert-OH is 1. The average molecular weight is 447 g/mol. The highest BCUT2D eigenvalue weighted by Gasteiger charge is 2.59. The monoisotopic (exact) mass is 446 g/mol. The Morgan fingerprint density at radius 1 is 1.19 bits per heavy atom. The quantitative estimate of drug-likeness (QED) is 0.453. The van der Waals surface area contributed by atoms with E-state index in [0.29, 0.717) is 24.5 Å². The number of fused-ring (bicyclic) bond motifs is 5. The second kappa shape index (κ2) is 8.16. The van der Waals surface area contributed by atoms with Crippen molar-refractivity contribution < 1.29 is 19.0 Å². The first kappa shape index (κ1) is 23.3. The molecule has 2 saturated carbocycles. The van der Waals surface area contributed by atoms with Crippen molar-refractivity contribution in [2.24, 2.45) is 17.3 Å². The Morgan fingerprint density at radius 3 is 2.61 bits per heavy atom. The Bertz CT molecular complexity index is 801. The summed E-state index contributed by atoms with van der Waals surface area (Å²) in [5.41, 5.74) is 2.92. The zero-order chi connectivity index (χ0) is 22.6. The van der Waals surface area contributed by atoms with E-state index < -0.39 is 8.32 Å². The van der Waals surface area contributed by atoms with E-state index in [-0.39, 0.29) is 22.7 Å². The van der Waals surface area contributed by atoms with Crippen LogP contribution in [0.25, 0.3) is 0 Å². The lowest BCUT2D eigenvalue weighted by Crippen LogP contribution is -2.48. The maximum Gasteiger partial charge on any atom is 0.192 e. The van der Waals surface area contributed by atoms with E-state index in [1.54, 1.807) is 7.11 Å². The van der Waals surface area contributed by atoms with Gasteiger partial charge in [0.05, 0.1) is 12.2 Å². The summed E-state index contributed by atoms with van der Waals surface area (Å²) in [5, 5.41) is 11.6. The van der Waals surface area contributed by atoms with Crippen molar-refractivity contribution in [3.63, 3.8) is 0 Å². The van der Waals surface area contributed by atoms with Crippen molar-refractivity contribution >= 4 is 8.32 Å². The number of ether oxygens (including phenoxy) is 2. The van der Waals surface area contributed by atoms with Crippen molar-refractivity contribution in [2.45, 2.75) is 96.1 Å². The third-order valence-electron chi connectivity index (χ3n) is 9.25. The molecule has 0 aliphatic heterocycles. The largest absolute Gasteiger partial charge is 0.468 e. The second-order valence-corrected chi connectivity index (χ2v) is 16.7. The van der Waals surface area contributed by atoms with Gasteiger partial charge < -0.3 is 19.0 Å². The molecule has 0 saturated heterocycles. The van der Waals surface area contributed by atoms with Crippen LogP contribution in [0.3, 0.4) is 0 Å². The number of rotatable bonds is 5. The Hall–Kier alpha value is -0.883. The fourth-order valence-electron chi connectivity index (χ4n) is 6.41. The maximum atomic E-state index is 11.4. The molecule has 31 heavy (non-hydrogen) atoms. The van der Waals surface area contributed by atoms with E-state index in [4.69, 9.17) is 13.9 Å². The fourth-order valence-corrected chi connectivity index (χ4v) is 7.74. The third kappa shape index (κ3) is 4.00. The molecule has 0 aromatic heterocycles. The molecule has 1 aromatic rings. The number of benzene rings is 1. The molecule has 0 radical (unpaired) electrons. The lowest BCUT2D eigenvalue weighted by molar-refractivity contribution is -0.0477. The predicted octanol–water partition coefficient (Wildman–Crippen LogP) is 5.89. The van der Waals surface area contributed by atoms with Crippen molar-refractivity contribution in [1.82, 2.24) is 0 Å². The van der Waals surface area contributed by atoms with Crippen molar-refractivity contribution in [2.75, 3.05) is 13.9 Å². The van der Waals surface area contributed by atoms with Gasteiger partial charge in [0.2, 0.25) is 0 Å². The zero-order valence-electron chi connectivity index (χ0n) is 20.5. The van der Waals surface area contributed by atoms with Crippen LogP contribution in [0.15, 0.2) is 18.2 Å². The minimum absolute atomic E-state index is 0.0131. The van der Waals surface area contributed by atoms with Gasteiger partial charge in [-0.1, -0.05) is 33.8 Å². The van der Waals surface area contributed by atoms with Crippen molar-refractivity contribution in [3.05, 3.63) is 29.3 Å². The van der Waals surface area contributed by atoms with Crippen LogP contribution >= 0.6 is 0 Å². The van der Waals surface area contributed by atoms with Crippen LogP contribution in [-0.4, -0.2) is 39.5 Å². The molecule has 4 nitrogen and oxygen atoms in total. The highest BCUT2D eigenvalue weighted by atomic mass is 28.4. The molecule has 4 rings (SSSR count). The summed E-state index contributed by atoms with van der Waals surface area (Å²) in [6, 6.07) is 6.60. The van der Waals surface area contributed by atoms with Crippen molar-refractivity contribution in [1.29, 1.82) is 0 Å². The molecule has 0 heterocycles. The first-order chi connectivity index (χ1) is 14.5. The zero-order valence-corrected chi connectivity index (χ0v) is 21.5. The Kier molecular flexibility index (Phi) is 6.13. The van der Waals surface area contributed by atoms with Gasteiger partial charge in [-0.3, -0.25) is 0 Å². The lowest BCUT2D eigenvalue weighted by Gasteiger charge is -2.50. The molecule has 0 bridgehead atoms. The van der Waals surface area contributed by atoms with Crippen LogP contribution < -0.4 is 4.74 Å². The minimum atomic E-state index is -1.91. The van der Waals surface area contributed by atoms with Gasteiger partial charge in [-0.15, -0.1) is 0 Å². The van der Waals surface area contributed by atoms with E-state index in [9.17, 15) is 5.11 Å². The van der Waals surface area contributed by atoms with Crippen LogP contribution in [0.2, 0.25) is 18.1 Å². The molecular formula is C26H42O4Si. The van der Waals surface area contributed by atoms with Gasteiger partial charge in [0.15, 0.2) is 15.1 Å². The van der Waals surface area contributed by atoms with Gasteiger partial charge in [0.1, 0.15) is 5.75 Å². The lowest BCUT2D eigenvalue weighted by atomic mass is 9.55. The molecular weight excluding hydrogens is 404 g/mol. The molecule has 174 valence electrons. The summed E-state index contributed by atoms with van der Waals surface area (Å²) in [5.74, 6) is 2.67. The number of aryl methyl sites for hydroxylation is 1. The standard InChI is InChI=1S/C26H42O4Si/c1-25(2,3)31(6,7)30-23-15-22-21-10-8-17-14-18(29-16-28-5)9-11-19(17)20(21)12-13-26(22,4)24(23)27/h9,11,14,20-24,27H,8,10,12-13,15-16H2,1-7H3/t20-,21-,22+,23+,24+,26+/m1/s1. The smallest absolute Gasteiger partial charge is 0.192 e. The number of hydrogen-bond acceptors (Lipinski definition) is 4. The van der Waals surface area contributed by atoms with Crippen LogP contribution in [0.5, 0.6) is 5.75 Å². The number of aliphatic hydroxyl groups is 1. The second-order valence-electron chi connectivity index (χ2n) is 12.0. The van der Waals surface area contributed by atoms with Crippen LogP contribution in [0, 0.1) is 17.3 Å². The highest BCUT2D eigenvalue weighted by Crippen LogP contribution is 2.62. The van der Waals surface area contributed by atoms with E-state index >= 15 is 0 Å². The summed E-state index contributed by atoms with van der Waals surface area (Å²) in [4.78, 5) is 0. The van der Waals surface area contributed by atoms with Crippen molar-refractivity contribution in [3.8, 4) is 5.75 Å². The van der Waals surface area contributed by atoms with Gasteiger partial charge in [-0.05, 0) is 96.7 Å². The first-order valence-electron chi connectivity index (χ1n) is 12.1. The topological polar surface area (TPSA) is 47.9 Å². The molecule has 1 N–H and O–H groups in total. The van der Waals surface area contributed by atoms with Crippen LogP contribution in [0.1, 0.15) is 70.4 Å². The van der Waals surface area contributed by atoms with Gasteiger partial charge in [-0.25, -0.2) is 0 Å². The maximum absolute atomic E-state index is 11.4. The van der Waals surface area contributed by atoms with E-state index in [0.717, 1.165) is 31.4 Å². The van der Waals surface area contributed by atoms with Crippen LogP contribution in [-0.2, 0) is 15.6 Å². The molecule has 1 aromatic carbocycles. The molecule has 3 aliphatic rings. The molecule has 5 heteroatoms. The SMILES string of the molecule is COCOc1ccc2c(c1)CC[C@@H]1[C@@H]2CC[C@]2(C)[C@@H](O)[C@@H](O[Si](C)(C)C(C)(C)C)C[C@@H]12. The van der Waals surface area contributed by atoms with E-state index in [2.05, 4.69) is 59.0 Å². The summed E-state index contributed by atoms with van der Waals surface area (Å²) in [7, 11) is -0.259. The van der Waals surface area contributed by atoms with Crippen LogP contribution in [0.4, 0.5) is 0 Å². The summed E-state index contributed by atoms with van der Waals surface area (Å²) in [6.07, 6.45) is 5.18. The fraction of sp³-hybridized carbons (Fsp3) is 0.769. The van der Waals surface area contributed by atoms with Gasteiger partial charge >= 0.3 is 0 Å². The molecule has 0 unspecified atom stereocenters. The summed E-state index contributed by atoms with van der Waals surface area (Å²) in [6.45, 7) is 14.1. The highest BCUT2D eigenvalue weighted by molar-refractivity contribution is 6.74. The molecule has 3 aliphatic carbocycles. The molecule has 6 atom stereocenters. The van der Waals surface area contributed by atoms with E-state index in [1.165, 1.54) is 17.5 Å². The first-order valence-corrected chi connectivity index (χ1v) is 15.0. The molecule has 0 spiro atoms. The van der Waals surface area contributed by atoms with Gasteiger partial charge in [0.25, 0.3) is 0 Å². The number of methoxy groups -OCH3 is 1. The Labute approximate surface area is 189 Å². The van der Waals surface area contributed by atoms with E-state index in [1.807, 2.05) is 0 Å². The average Bonchev–Trinajstić information content (AvgIpc) is 2.95.